The van der Waals surface area contributed by atoms with Crippen molar-refractivity contribution in [3.63, 3.8) is 0 Å². The van der Waals surface area contributed by atoms with Gasteiger partial charge in [0.1, 0.15) is 5.76 Å². The van der Waals surface area contributed by atoms with Gasteiger partial charge in [-0.05, 0) is 13.8 Å². The summed E-state index contributed by atoms with van der Waals surface area (Å²) in [5.41, 5.74) is 0.987. The molecule has 0 radical (unpaired) electrons. The van der Waals surface area contributed by atoms with Crippen LogP contribution >= 0.6 is 0 Å². The number of hydrogen-bond donors (Lipinski definition) is 1. The molecule has 0 amide bonds. The summed E-state index contributed by atoms with van der Waals surface area (Å²) in [5, 5.41) is 12.6. The lowest BCUT2D eigenvalue weighted by molar-refractivity contribution is 0.0691. The van der Waals surface area contributed by atoms with Gasteiger partial charge in [0, 0.05) is 0 Å². The lowest BCUT2D eigenvalue weighted by atomic mass is 10.1. The number of aromatic nitrogens is 2. The van der Waals surface area contributed by atoms with Crippen LogP contribution in [0.3, 0.4) is 0 Å². The molecule has 2 rings (SSSR count). The van der Waals surface area contributed by atoms with Gasteiger partial charge in [-0.25, -0.2) is 9.78 Å². The van der Waals surface area contributed by atoms with Gasteiger partial charge in [0.25, 0.3) is 0 Å². The number of rotatable bonds is 2. The molecule has 2 aromatic heterocycles. The summed E-state index contributed by atoms with van der Waals surface area (Å²) < 4.78 is 9.96. The maximum absolute atomic E-state index is 10.8. The monoisotopic (exact) mass is 208 g/mol. The molecule has 0 spiro atoms. The first-order valence-electron chi connectivity index (χ1n) is 4.21. The molecule has 78 valence electrons. The zero-order valence-electron chi connectivity index (χ0n) is 8.14. The number of carboxylic acids is 1. The summed E-state index contributed by atoms with van der Waals surface area (Å²) in [6, 6.07) is 0. The second kappa shape index (κ2) is 3.23. The van der Waals surface area contributed by atoms with Crippen LogP contribution in [0.25, 0.3) is 11.3 Å². The van der Waals surface area contributed by atoms with Gasteiger partial charge in [0.2, 0.25) is 0 Å². The zero-order valence-corrected chi connectivity index (χ0v) is 8.14. The number of nitrogens with zero attached hydrogens (tertiary/aromatic N) is 2. The van der Waals surface area contributed by atoms with Crippen molar-refractivity contribution in [2.45, 2.75) is 13.8 Å². The van der Waals surface area contributed by atoms with Gasteiger partial charge in [-0.1, -0.05) is 5.16 Å². The summed E-state index contributed by atoms with van der Waals surface area (Å²) in [6.45, 7) is 3.39. The van der Waals surface area contributed by atoms with Gasteiger partial charge >= 0.3 is 5.97 Å². The highest BCUT2D eigenvalue weighted by atomic mass is 16.5. The fraction of sp³-hybridized carbons (Fsp3) is 0.222. The van der Waals surface area contributed by atoms with Crippen molar-refractivity contribution in [1.82, 2.24) is 10.1 Å². The summed E-state index contributed by atoms with van der Waals surface area (Å²) >= 11 is 0. The van der Waals surface area contributed by atoms with Crippen LogP contribution in [0.2, 0.25) is 0 Å². The van der Waals surface area contributed by atoms with Crippen LogP contribution in [-0.2, 0) is 0 Å². The van der Waals surface area contributed by atoms with Crippen molar-refractivity contribution in [1.29, 1.82) is 0 Å². The highest BCUT2D eigenvalue weighted by molar-refractivity contribution is 5.92. The van der Waals surface area contributed by atoms with Crippen LogP contribution in [0.1, 0.15) is 21.9 Å². The summed E-state index contributed by atoms with van der Waals surface area (Å²) in [5.74, 6) is -0.454. The van der Waals surface area contributed by atoms with Crippen molar-refractivity contribution in [3.8, 4) is 11.3 Å². The van der Waals surface area contributed by atoms with E-state index < -0.39 is 5.97 Å². The SMILES string of the molecule is Cc1noc(C)c1-c1ocnc1C(=O)O. The van der Waals surface area contributed by atoms with Gasteiger partial charge in [-0.3, -0.25) is 0 Å². The van der Waals surface area contributed by atoms with E-state index in [4.69, 9.17) is 14.0 Å². The summed E-state index contributed by atoms with van der Waals surface area (Å²) in [4.78, 5) is 14.4. The molecule has 0 unspecified atom stereocenters. The van der Waals surface area contributed by atoms with Crippen molar-refractivity contribution >= 4 is 5.97 Å². The third-order valence-electron chi connectivity index (χ3n) is 2.03. The molecule has 0 aliphatic carbocycles. The minimum atomic E-state index is -1.14. The molecular formula is C9H8N2O4. The normalized spacial score (nSPS) is 10.5. The third kappa shape index (κ3) is 1.39. The number of hydrogen-bond acceptors (Lipinski definition) is 5. The van der Waals surface area contributed by atoms with Gasteiger partial charge in [0.15, 0.2) is 17.8 Å². The topological polar surface area (TPSA) is 89.4 Å². The van der Waals surface area contributed by atoms with Gasteiger partial charge in [-0.15, -0.1) is 0 Å². The van der Waals surface area contributed by atoms with E-state index in [1.54, 1.807) is 13.8 Å². The Kier molecular flexibility index (Phi) is 2.03. The predicted molar refractivity (Wildman–Crippen MR) is 48.4 cm³/mol. The molecule has 15 heavy (non-hydrogen) atoms. The molecule has 0 aromatic carbocycles. The quantitative estimate of drug-likeness (QED) is 0.806. The van der Waals surface area contributed by atoms with Crippen LogP contribution in [0, 0.1) is 13.8 Å². The molecule has 0 saturated heterocycles. The number of carboxylic acid groups (broad SMARTS) is 1. The molecule has 6 heteroatoms. The van der Waals surface area contributed by atoms with E-state index in [0.29, 0.717) is 17.0 Å². The molecular weight excluding hydrogens is 200 g/mol. The highest BCUT2D eigenvalue weighted by Crippen LogP contribution is 2.29. The van der Waals surface area contributed by atoms with Crippen LogP contribution in [0.15, 0.2) is 15.3 Å². The smallest absolute Gasteiger partial charge is 0.358 e. The first-order valence-corrected chi connectivity index (χ1v) is 4.21. The Balaban J connectivity index is 2.64. The molecule has 1 N–H and O–H groups in total. The minimum absolute atomic E-state index is 0.135. The summed E-state index contributed by atoms with van der Waals surface area (Å²) in [6.07, 6.45) is 1.09. The number of aromatic carboxylic acids is 1. The third-order valence-corrected chi connectivity index (χ3v) is 2.03. The molecule has 0 atom stereocenters. The first kappa shape index (κ1) is 9.45. The van der Waals surface area contributed by atoms with Crippen molar-refractivity contribution < 1.29 is 18.8 Å². The van der Waals surface area contributed by atoms with Crippen molar-refractivity contribution in [3.05, 3.63) is 23.5 Å². The van der Waals surface area contributed by atoms with Gasteiger partial charge in [-0.2, -0.15) is 0 Å². The molecule has 0 bridgehead atoms. The van der Waals surface area contributed by atoms with E-state index >= 15 is 0 Å². The maximum atomic E-state index is 10.8. The van der Waals surface area contributed by atoms with E-state index in [2.05, 4.69) is 10.1 Å². The molecule has 0 aliphatic rings. The fourth-order valence-corrected chi connectivity index (χ4v) is 1.38. The standard InChI is InChI=1S/C9H8N2O4/c1-4-6(5(2)15-11-4)8-7(9(12)13)10-3-14-8/h3H,1-2H3,(H,12,13). The molecule has 2 aromatic rings. The Labute approximate surface area is 84.5 Å². The minimum Gasteiger partial charge on any atom is -0.476 e. The lowest BCUT2D eigenvalue weighted by Gasteiger charge is -1.95. The highest BCUT2D eigenvalue weighted by Gasteiger charge is 2.23. The van der Waals surface area contributed by atoms with E-state index in [0.717, 1.165) is 6.39 Å². The fourth-order valence-electron chi connectivity index (χ4n) is 1.38. The number of carbonyl (C=O) groups is 1. The Morgan fingerprint density at radius 1 is 1.47 bits per heavy atom. The van der Waals surface area contributed by atoms with Gasteiger partial charge in [0.05, 0.1) is 11.3 Å². The second-order valence-electron chi connectivity index (χ2n) is 3.03. The average Bonchev–Trinajstić information content (AvgIpc) is 2.73. The Morgan fingerprint density at radius 2 is 2.20 bits per heavy atom. The zero-order chi connectivity index (χ0) is 11.0. The molecule has 0 saturated carbocycles. The van der Waals surface area contributed by atoms with E-state index in [1.165, 1.54) is 0 Å². The summed E-state index contributed by atoms with van der Waals surface area (Å²) in [7, 11) is 0. The Morgan fingerprint density at radius 3 is 2.73 bits per heavy atom. The van der Waals surface area contributed by atoms with Crippen LogP contribution < -0.4 is 0 Å². The Bertz CT molecular complexity index is 492. The number of oxazole rings is 1. The lowest BCUT2D eigenvalue weighted by Crippen LogP contribution is -1.99. The molecule has 6 nitrogen and oxygen atoms in total. The molecule has 0 fully saturated rings. The van der Waals surface area contributed by atoms with Crippen molar-refractivity contribution in [2.75, 3.05) is 0 Å². The maximum Gasteiger partial charge on any atom is 0.358 e. The molecule has 2 heterocycles. The van der Waals surface area contributed by atoms with E-state index in [9.17, 15) is 4.79 Å². The van der Waals surface area contributed by atoms with Crippen LogP contribution in [-0.4, -0.2) is 21.2 Å². The predicted octanol–water partition coefficient (Wildman–Crippen LogP) is 1.64. The van der Waals surface area contributed by atoms with Crippen molar-refractivity contribution in [2.24, 2.45) is 0 Å². The largest absolute Gasteiger partial charge is 0.476 e. The average molecular weight is 208 g/mol. The van der Waals surface area contributed by atoms with Crippen LogP contribution in [0.4, 0.5) is 0 Å². The Hall–Kier alpha value is -2.11. The first-order chi connectivity index (χ1) is 7.11. The van der Waals surface area contributed by atoms with E-state index in [1.807, 2.05) is 0 Å². The van der Waals surface area contributed by atoms with Crippen LogP contribution in [0.5, 0.6) is 0 Å². The van der Waals surface area contributed by atoms with Gasteiger partial charge < -0.3 is 14.0 Å². The van der Waals surface area contributed by atoms with E-state index in [-0.39, 0.29) is 11.5 Å². The second-order valence-corrected chi connectivity index (χ2v) is 3.03. The molecule has 0 aliphatic heterocycles. The number of aryl methyl sites for hydroxylation is 2.